The lowest BCUT2D eigenvalue weighted by atomic mass is 9.96. The molecule has 0 atom stereocenters. The van der Waals surface area contributed by atoms with Crippen molar-refractivity contribution in [3.63, 3.8) is 0 Å². The van der Waals surface area contributed by atoms with Gasteiger partial charge in [0.2, 0.25) is 0 Å². The highest BCUT2D eigenvalue weighted by molar-refractivity contribution is 6.30. The van der Waals surface area contributed by atoms with Crippen molar-refractivity contribution in [1.29, 1.82) is 0 Å². The van der Waals surface area contributed by atoms with Crippen LogP contribution >= 0.6 is 11.6 Å². The van der Waals surface area contributed by atoms with Crippen LogP contribution in [0.25, 0.3) is 32.8 Å². The van der Waals surface area contributed by atoms with Gasteiger partial charge < -0.3 is 0 Å². The second-order valence-corrected chi connectivity index (χ2v) is 5.42. The molecule has 0 aliphatic heterocycles. The predicted octanol–water partition coefficient (Wildman–Crippen LogP) is 5.71. The summed E-state index contributed by atoms with van der Waals surface area (Å²) >= 11 is 6.21. The van der Waals surface area contributed by atoms with E-state index in [1.54, 1.807) is 0 Å². The van der Waals surface area contributed by atoms with E-state index in [0.29, 0.717) is 5.15 Å². The predicted molar refractivity (Wildman–Crippen MR) is 89.7 cm³/mol. The third-order valence-corrected chi connectivity index (χ3v) is 3.96. The van der Waals surface area contributed by atoms with Gasteiger partial charge >= 0.3 is 0 Å². The summed E-state index contributed by atoms with van der Waals surface area (Å²) in [5.41, 5.74) is 3.24. The highest BCUT2D eigenvalue weighted by Crippen LogP contribution is 2.34. The summed E-state index contributed by atoms with van der Waals surface area (Å²) in [5, 5.41) is 4.11. The van der Waals surface area contributed by atoms with Gasteiger partial charge in [-0.3, -0.25) is 0 Å². The number of halogens is 1. The quantitative estimate of drug-likeness (QED) is 0.409. The zero-order valence-electron chi connectivity index (χ0n) is 11.3. The van der Waals surface area contributed by atoms with Crippen LogP contribution in [0.15, 0.2) is 72.8 Å². The zero-order valence-corrected chi connectivity index (χ0v) is 12.0. The van der Waals surface area contributed by atoms with E-state index in [4.69, 9.17) is 11.6 Å². The number of fused-ring (bicyclic) bond motifs is 2. The van der Waals surface area contributed by atoms with E-state index in [0.717, 1.165) is 16.5 Å². The number of hydrogen-bond acceptors (Lipinski definition) is 1. The summed E-state index contributed by atoms with van der Waals surface area (Å²) in [5.74, 6) is 0. The lowest BCUT2D eigenvalue weighted by Gasteiger charge is -2.10. The minimum Gasteiger partial charge on any atom is -0.236 e. The molecular weight excluding hydrogens is 278 g/mol. The van der Waals surface area contributed by atoms with E-state index >= 15 is 0 Å². The molecule has 0 radical (unpaired) electrons. The number of benzene rings is 3. The van der Waals surface area contributed by atoms with Crippen LogP contribution in [-0.4, -0.2) is 4.98 Å². The number of pyridine rings is 1. The Balaban J connectivity index is 2.14. The molecule has 2 heteroatoms. The highest BCUT2D eigenvalue weighted by atomic mass is 35.5. The Hall–Kier alpha value is -2.38. The van der Waals surface area contributed by atoms with Crippen molar-refractivity contribution in [2.75, 3.05) is 0 Å². The molecule has 1 aromatic heterocycles. The highest BCUT2D eigenvalue weighted by Gasteiger charge is 2.09. The van der Waals surface area contributed by atoms with E-state index in [9.17, 15) is 0 Å². The van der Waals surface area contributed by atoms with E-state index in [2.05, 4.69) is 53.5 Å². The maximum Gasteiger partial charge on any atom is 0.130 e. The zero-order chi connectivity index (χ0) is 14.2. The minimum absolute atomic E-state index is 0.525. The third-order valence-electron chi connectivity index (χ3n) is 3.76. The van der Waals surface area contributed by atoms with E-state index < -0.39 is 0 Å². The van der Waals surface area contributed by atoms with Gasteiger partial charge in [-0.15, -0.1) is 0 Å². The monoisotopic (exact) mass is 289 g/mol. The Morgan fingerprint density at radius 1 is 0.667 bits per heavy atom. The Bertz CT molecular complexity index is 954. The lowest BCUT2D eigenvalue weighted by molar-refractivity contribution is 1.41. The van der Waals surface area contributed by atoms with Gasteiger partial charge in [0.05, 0.1) is 5.52 Å². The van der Waals surface area contributed by atoms with E-state index in [-0.39, 0.29) is 0 Å². The summed E-state index contributed by atoms with van der Waals surface area (Å²) in [7, 11) is 0. The molecule has 0 bridgehead atoms. The van der Waals surface area contributed by atoms with Crippen molar-refractivity contribution in [3.8, 4) is 11.1 Å². The number of aromatic nitrogens is 1. The molecule has 0 unspecified atom stereocenters. The average Bonchev–Trinajstić information content (AvgIpc) is 2.53. The molecule has 4 rings (SSSR count). The summed E-state index contributed by atoms with van der Waals surface area (Å²) in [6.45, 7) is 0. The average molecular weight is 290 g/mol. The first-order valence-electron chi connectivity index (χ1n) is 6.86. The first-order valence-corrected chi connectivity index (χ1v) is 7.24. The number of rotatable bonds is 1. The Labute approximate surface area is 127 Å². The molecular formula is C19H12ClN. The van der Waals surface area contributed by atoms with Crippen molar-refractivity contribution >= 4 is 33.3 Å². The fraction of sp³-hybridized carbons (Fsp3) is 0. The number of para-hydroxylation sites is 1. The van der Waals surface area contributed by atoms with Crippen LogP contribution in [0.5, 0.6) is 0 Å². The maximum absolute atomic E-state index is 6.21. The molecule has 1 nitrogen and oxygen atoms in total. The van der Waals surface area contributed by atoms with Crippen molar-refractivity contribution in [2.24, 2.45) is 0 Å². The van der Waals surface area contributed by atoms with Crippen LogP contribution < -0.4 is 0 Å². The van der Waals surface area contributed by atoms with Gasteiger partial charge in [0.25, 0.3) is 0 Å². The summed E-state index contributed by atoms with van der Waals surface area (Å²) < 4.78 is 0. The Morgan fingerprint density at radius 3 is 2.29 bits per heavy atom. The second kappa shape index (κ2) is 4.87. The molecule has 0 fully saturated rings. The van der Waals surface area contributed by atoms with Gasteiger partial charge in [-0.1, -0.05) is 72.3 Å². The first-order chi connectivity index (χ1) is 10.3. The first kappa shape index (κ1) is 12.4. The van der Waals surface area contributed by atoms with Gasteiger partial charge in [-0.2, -0.15) is 0 Å². The Morgan fingerprint density at radius 2 is 1.38 bits per heavy atom. The third kappa shape index (κ3) is 2.07. The molecule has 4 aromatic rings. The Kier molecular flexibility index (Phi) is 2.87. The lowest BCUT2D eigenvalue weighted by Crippen LogP contribution is -1.87. The molecule has 1 heterocycles. The SMILES string of the molecule is Clc1cc(-c2cccc3ccccc23)c2ccccc2n1. The largest absolute Gasteiger partial charge is 0.236 e. The fourth-order valence-electron chi connectivity index (χ4n) is 2.83. The van der Waals surface area contributed by atoms with Gasteiger partial charge in [-0.25, -0.2) is 4.98 Å². The van der Waals surface area contributed by atoms with Crippen LogP contribution in [0, 0.1) is 0 Å². The van der Waals surface area contributed by atoms with Crippen molar-refractivity contribution in [1.82, 2.24) is 4.98 Å². The second-order valence-electron chi connectivity index (χ2n) is 5.04. The minimum atomic E-state index is 0.525. The van der Waals surface area contributed by atoms with Gasteiger partial charge in [-0.05, 0) is 34.0 Å². The van der Waals surface area contributed by atoms with E-state index in [1.807, 2.05) is 24.3 Å². The van der Waals surface area contributed by atoms with Crippen LogP contribution in [0.2, 0.25) is 5.15 Å². The van der Waals surface area contributed by atoms with Crippen LogP contribution in [0.1, 0.15) is 0 Å². The molecule has 0 saturated carbocycles. The van der Waals surface area contributed by atoms with Gasteiger partial charge in [0.1, 0.15) is 5.15 Å². The number of hydrogen-bond donors (Lipinski definition) is 0. The van der Waals surface area contributed by atoms with Gasteiger partial charge in [0, 0.05) is 5.39 Å². The van der Waals surface area contributed by atoms with Crippen LogP contribution in [0.4, 0.5) is 0 Å². The topological polar surface area (TPSA) is 12.9 Å². The molecule has 0 saturated heterocycles. The molecule has 100 valence electrons. The summed E-state index contributed by atoms with van der Waals surface area (Å²) in [6, 6.07) is 24.8. The number of nitrogens with zero attached hydrogens (tertiary/aromatic N) is 1. The van der Waals surface area contributed by atoms with Crippen LogP contribution in [-0.2, 0) is 0 Å². The van der Waals surface area contributed by atoms with E-state index in [1.165, 1.54) is 16.3 Å². The van der Waals surface area contributed by atoms with Crippen molar-refractivity contribution in [2.45, 2.75) is 0 Å². The molecule has 0 N–H and O–H groups in total. The summed E-state index contributed by atoms with van der Waals surface area (Å²) in [6.07, 6.45) is 0. The van der Waals surface area contributed by atoms with Crippen LogP contribution in [0.3, 0.4) is 0 Å². The molecule has 0 spiro atoms. The smallest absolute Gasteiger partial charge is 0.130 e. The molecule has 0 aliphatic rings. The molecule has 21 heavy (non-hydrogen) atoms. The van der Waals surface area contributed by atoms with Gasteiger partial charge in [0.15, 0.2) is 0 Å². The van der Waals surface area contributed by atoms with Crippen molar-refractivity contribution in [3.05, 3.63) is 77.9 Å². The molecule has 0 amide bonds. The van der Waals surface area contributed by atoms with Crippen molar-refractivity contribution < 1.29 is 0 Å². The maximum atomic E-state index is 6.21. The molecule has 3 aromatic carbocycles. The summed E-state index contributed by atoms with van der Waals surface area (Å²) in [4.78, 5) is 4.41. The standard InChI is InChI=1S/C19H12ClN/c20-19-12-17(16-9-3-4-11-18(16)21-19)15-10-5-7-13-6-1-2-8-14(13)15/h1-12H. The normalized spacial score (nSPS) is 11.1. The molecule has 0 aliphatic carbocycles. The fourth-order valence-corrected chi connectivity index (χ4v) is 3.03.